The summed E-state index contributed by atoms with van der Waals surface area (Å²) in [5.74, 6) is -0.0951. The van der Waals surface area contributed by atoms with Gasteiger partial charge in [-0.05, 0) is 13.3 Å². The summed E-state index contributed by atoms with van der Waals surface area (Å²) in [6.07, 6.45) is 0.929. The van der Waals surface area contributed by atoms with Crippen molar-refractivity contribution in [3.63, 3.8) is 0 Å². The molecule has 17 heavy (non-hydrogen) atoms. The molecule has 1 aliphatic rings. The van der Waals surface area contributed by atoms with E-state index in [1.807, 2.05) is 4.90 Å². The van der Waals surface area contributed by atoms with Crippen LogP contribution in [-0.2, 0) is 14.3 Å². The molecule has 0 aromatic heterocycles. The van der Waals surface area contributed by atoms with E-state index < -0.39 is 0 Å². The highest BCUT2D eigenvalue weighted by molar-refractivity contribution is 5.80. The molecule has 1 amide bonds. The van der Waals surface area contributed by atoms with Gasteiger partial charge in [0.1, 0.15) is 0 Å². The molecular weight excluding hydrogens is 220 g/mol. The molecule has 1 rings (SSSR count). The number of carbonyl (C=O) groups is 1. The minimum atomic E-state index is -0.194. The molecule has 2 N–H and O–H groups in total. The van der Waals surface area contributed by atoms with E-state index in [4.69, 9.17) is 15.2 Å². The maximum Gasteiger partial charge on any atom is 0.229 e. The number of hydrogen-bond donors (Lipinski definition) is 1. The quantitative estimate of drug-likeness (QED) is 0.726. The Bertz CT molecular complexity index is 248. The van der Waals surface area contributed by atoms with Crippen molar-refractivity contribution in [1.82, 2.24) is 4.90 Å². The van der Waals surface area contributed by atoms with E-state index in [2.05, 4.69) is 13.8 Å². The highest BCUT2D eigenvalue weighted by Crippen LogP contribution is 2.17. The minimum absolute atomic E-state index is 0.0985. The molecule has 0 bridgehead atoms. The normalized spacial score (nSPS) is 25.9. The molecule has 0 aromatic rings. The van der Waals surface area contributed by atoms with Gasteiger partial charge in [0, 0.05) is 25.7 Å². The fourth-order valence-electron chi connectivity index (χ4n) is 2.00. The first-order valence-corrected chi connectivity index (χ1v) is 6.24. The van der Waals surface area contributed by atoms with E-state index in [1.165, 1.54) is 0 Å². The second kappa shape index (κ2) is 6.93. The van der Waals surface area contributed by atoms with Gasteiger partial charge in [0.2, 0.25) is 5.91 Å². The van der Waals surface area contributed by atoms with Crippen LogP contribution in [0.2, 0.25) is 0 Å². The number of hydrogen-bond acceptors (Lipinski definition) is 4. The van der Waals surface area contributed by atoms with Crippen molar-refractivity contribution in [1.29, 1.82) is 0 Å². The first kappa shape index (κ1) is 14.4. The first-order valence-electron chi connectivity index (χ1n) is 6.24. The molecule has 1 saturated heterocycles. The Morgan fingerprint density at radius 1 is 1.59 bits per heavy atom. The summed E-state index contributed by atoms with van der Waals surface area (Å²) in [4.78, 5) is 14.2. The smallest absolute Gasteiger partial charge is 0.229 e. The van der Waals surface area contributed by atoms with Gasteiger partial charge in [-0.3, -0.25) is 4.79 Å². The third-order valence-corrected chi connectivity index (χ3v) is 3.38. The van der Waals surface area contributed by atoms with Crippen molar-refractivity contribution in [3.8, 4) is 0 Å². The molecule has 5 heteroatoms. The van der Waals surface area contributed by atoms with Gasteiger partial charge < -0.3 is 20.1 Å². The van der Waals surface area contributed by atoms with Crippen molar-refractivity contribution in [2.24, 2.45) is 11.7 Å². The van der Waals surface area contributed by atoms with Crippen LogP contribution in [0.4, 0.5) is 0 Å². The molecule has 0 aliphatic carbocycles. The zero-order valence-electron chi connectivity index (χ0n) is 11.0. The van der Waals surface area contributed by atoms with Gasteiger partial charge in [-0.15, -0.1) is 0 Å². The maximum atomic E-state index is 12.4. The Morgan fingerprint density at radius 2 is 2.29 bits per heavy atom. The molecule has 3 unspecified atom stereocenters. The minimum Gasteiger partial charge on any atom is -0.383 e. The second-order valence-electron chi connectivity index (χ2n) is 4.59. The van der Waals surface area contributed by atoms with Crippen LogP contribution in [0.1, 0.15) is 20.3 Å². The summed E-state index contributed by atoms with van der Waals surface area (Å²) in [5.41, 5.74) is 5.88. The molecule has 1 fully saturated rings. The van der Waals surface area contributed by atoms with Crippen molar-refractivity contribution in [2.45, 2.75) is 32.4 Å². The van der Waals surface area contributed by atoms with E-state index in [9.17, 15) is 4.79 Å². The lowest BCUT2D eigenvalue weighted by Gasteiger charge is -2.31. The number of rotatable bonds is 6. The van der Waals surface area contributed by atoms with Gasteiger partial charge >= 0.3 is 0 Å². The summed E-state index contributed by atoms with van der Waals surface area (Å²) >= 11 is 0. The third-order valence-electron chi connectivity index (χ3n) is 3.38. The van der Waals surface area contributed by atoms with Gasteiger partial charge in [0.05, 0.1) is 25.7 Å². The van der Waals surface area contributed by atoms with Gasteiger partial charge in [-0.25, -0.2) is 0 Å². The Hall–Kier alpha value is -0.650. The molecule has 1 aliphatic heterocycles. The highest BCUT2D eigenvalue weighted by Gasteiger charge is 2.35. The Morgan fingerprint density at radius 3 is 2.76 bits per heavy atom. The van der Waals surface area contributed by atoms with Crippen LogP contribution < -0.4 is 5.73 Å². The Kier molecular flexibility index (Phi) is 5.88. The lowest BCUT2D eigenvalue weighted by Crippen LogP contribution is -2.48. The zero-order valence-corrected chi connectivity index (χ0v) is 11.0. The molecule has 1 heterocycles. The lowest BCUT2D eigenvalue weighted by molar-refractivity contribution is -0.138. The average molecular weight is 244 g/mol. The van der Waals surface area contributed by atoms with Crippen LogP contribution in [0, 0.1) is 5.92 Å². The first-order chi connectivity index (χ1) is 8.11. The summed E-state index contributed by atoms with van der Waals surface area (Å²) in [6.45, 7) is 6.22. The van der Waals surface area contributed by atoms with Gasteiger partial charge in [0.25, 0.3) is 0 Å². The predicted molar refractivity (Wildman–Crippen MR) is 65.6 cm³/mol. The van der Waals surface area contributed by atoms with Gasteiger partial charge in [-0.2, -0.15) is 0 Å². The molecule has 0 radical (unpaired) electrons. The molecule has 3 atom stereocenters. The summed E-state index contributed by atoms with van der Waals surface area (Å²) in [5, 5.41) is 0. The Labute approximate surface area is 103 Å². The monoisotopic (exact) mass is 244 g/mol. The van der Waals surface area contributed by atoms with Crippen LogP contribution in [0.25, 0.3) is 0 Å². The van der Waals surface area contributed by atoms with Crippen LogP contribution in [0.15, 0.2) is 0 Å². The molecule has 0 saturated carbocycles. The largest absolute Gasteiger partial charge is 0.383 e. The maximum absolute atomic E-state index is 12.4. The SMILES string of the molecule is CCC(C)N(CCOC)C(=O)C1COCC1N. The number of nitrogens with zero attached hydrogens (tertiary/aromatic N) is 1. The van der Waals surface area contributed by atoms with Crippen LogP contribution in [0.5, 0.6) is 0 Å². The highest BCUT2D eigenvalue weighted by atomic mass is 16.5. The lowest BCUT2D eigenvalue weighted by atomic mass is 10.0. The van der Waals surface area contributed by atoms with E-state index in [0.29, 0.717) is 26.4 Å². The summed E-state index contributed by atoms with van der Waals surface area (Å²) in [6, 6.07) is 0.0436. The number of ether oxygens (including phenoxy) is 2. The molecule has 100 valence electrons. The topological polar surface area (TPSA) is 64.8 Å². The zero-order chi connectivity index (χ0) is 12.8. The molecule has 0 spiro atoms. The third kappa shape index (κ3) is 3.66. The Balaban J connectivity index is 2.64. The number of amides is 1. The van der Waals surface area contributed by atoms with E-state index in [0.717, 1.165) is 6.42 Å². The van der Waals surface area contributed by atoms with Crippen LogP contribution in [-0.4, -0.2) is 56.4 Å². The fraction of sp³-hybridized carbons (Fsp3) is 0.917. The van der Waals surface area contributed by atoms with Crippen LogP contribution in [0.3, 0.4) is 0 Å². The molecule has 0 aromatic carbocycles. The van der Waals surface area contributed by atoms with Crippen molar-refractivity contribution < 1.29 is 14.3 Å². The average Bonchev–Trinajstić information content (AvgIpc) is 2.75. The van der Waals surface area contributed by atoms with Crippen LogP contribution >= 0.6 is 0 Å². The number of methoxy groups -OCH3 is 1. The number of carbonyl (C=O) groups excluding carboxylic acids is 1. The number of nitrogens with two attached hydrogens (primary N) is 1. The van der Waals surface area contributed by atoms with Crippen molar-refractivity contribution >= 4 is 5.91 Å². The second-order valence-corrected chi connectivity index (χ2v) is 4.59. The standard InChI is InChI=1S/C12H24N2O3/c1-4-9(2)14(5-6-16-3)12(15)10-7-17-8-11(10)13/h9-11H,4-8,13H2,1-3H3. The van der Waals surface area contributed by atoms with E-state index in [-0.39, 0.29) is 23.9 Å². The molecular formula is C12H24N2O3. The molecule has 5 nitrogen and oxygen atoms in total. The van der Waals surface area contributed by atoms with E-state index in [1.54, 1.807) is 7.11 Å². The predicted octanol–water partition coefficient (Wildman–Crippen LogP) is 0.234. The summed E-state index contributed by atoms with van der Waals surface area (Å²) in [7, 11) is 1.64. The van der Waals surface area contributed by atoms with Gasteiger partial charge in [0.15, 0.2) is 0 Å². The van der Waals surface area contributed by atoms with Crippen molar-refractivity contribution in [2.75, 3.05) is 33.5 Å². The van der Waals surface area contributed by atoms with E-state index >= 15 is 0 Å². The summed E-state index contributed by atoms with van der Waals surface area (Å²) < 4.78 is 10.3. The van der Waals surface area contributed by atoms with Gasteiger partial charge in [-0.1, -0.05) is 6.92 Å². The fourth-order valence-corrected chi connectivity index (χ4v) is 2.00. The van der Waals surface area contributed by atoms with Crippen molar-refractivity contribution in [3.05, 3.63) is 0 Å².